The van der Waals surface area contributed by atoms with E-state index in [-0.39, 0.29) is 17.3 Å². The fraction of sp³-hybridized carbons (Fsp3) is 0.538. The van der Waals surface area contributed by atoms with Crippen molar-refractivity contribution in [3.05, 3.63) is 35.1 Å². The summed E-state index contributed by atoms with van der Waals surface area (Å²) < 4.78 is 13.5. The molecule has 2 heteroatoms. The van der Waals surface area contributed by atoms with Crippen LogP contribution >= 0.6 is 0 Å². The van der Waals surface area contributed by atoms with E-state index < -0.39 is 0 Å². The molecule has 0 aromatic heterocycles. The summed E-state index contributed by atoms with van der Waals surface area (Å²) in [6, 6.07) is 4.88. The minimum atomic E-state index is -0.218. The van der Waals surface area contributed by atoms with E-state index in [1.165, 1.54) is 6.07 Å². The molecule has 1 rings (SSSR count). The molecule has 15 heavy (non-hydrogen) atoms. The Morgan fingerprint density at radius 3 is 2.47 bits per heavy atom. The van der Waals surface area contributed by atoms with Crippen LogP contribution in [0.15, 0.2) is 18.2 Å². The zero-order valence-corrected chi connectivity index (χ0v) is 9.97. The SMILES string of the molecule is Cc1ccc(F)c(C(N)CC(C)(C)C)c1. The van der Waals surface area contributed by atoms with E-state index in [9.17, 15) is 4.39 Å². The van der Waals surface area contributed by atoms with Gasteiger partial charge in [0.05, 0.1) is 0 Å². The van der Waals surface area contributed by atoms with Crippen molar-refractivity contribution in [3.8, 4) is 0 Å². The highest BCUT2D eigenvalue weighted by molar-refractivity contribution is 5.26. The summed E-state index contributed by atoms with van der Waals surface area (Å²) in [5, 5.41) is 0. The zero-order valence-electron chi connectivity index (χ0n) is 9.97. The van der Waals surface area contributed by atoms with Gasteiger partial charge in [-0.3, -0.25) is 0 Å². The summed E-state index contributed by atoms with van der Waals surface area (Å²) in [6.45, 7) is 8.29. The van der Waals surface area contributed by atoms with E-state index in [4.69, 9.17) is 5.73 Å². The van der Waals surface area contributed by atoms with Gasteiger partial charge in [-0.1, -0.05) is 38.5 Å². The van der Waals surface area contributed by atoms with Crippen LogP contribution in [0.4, 0.5) is 4.39 Å². The van der Waals surface area contributed by atoms with Crippen LogP contribution in [-0.2, 0) is 0 Å². The fourth-order valence-electron chi connectivity index (χ4n) is 1.72. The van der Waals surface area contributed by atoms with Gasteiger partial charge in [-0.25, -0.2) is 4.39 Å². The predicted octanol–water partition coefficient (Wildman–Crippen LogP) is 3.57. The number of rotatable bonds is 2. The van der Waals surface area contributed by atoms with Crippen molar-refractivity contribution < 1.29 is 4.39 Å². The molecule has 1 unspecified atom stereocenters. The molecule has 0 saturated carbocycles. The van der Waals surface area contributed by atoms with Gasteiger partial charge in [-0.05, 0) is 24.8 Å². The Bertz CT molecular complexity index is 339. The molecule has 0 saturated heterocycles. The summed E-state index contributed by atoms with van der Waals surface area (Å²) in [5.74, 6) is -0.197. The maximum atomic E-state index is 13.5. The van der Waals surface area contributed by atoms with Crippen LogP contribution in [0.2, 0.25) is 0 Å². The topological polar surface area (TPSA) is 26.0 Å². The van der Waals surface area contributed by atoms with Gasteiger partial charge in [0.25, 0.3) is 0 Å². The smallest absolute Gasteiger partial charge is 0.127 e. The molecule has 84 valence electrons. The first kappa shape index (κ1) is 12.2. The Morgan fingerprint density at radius 2 is 1.93 bits per heavy atom. The second kappa shape index (κ2) is 4.31. The van der Waals surface area contributed by atoms with Crippen LogP contribution in [0.25, 0.3) is 0 Å². The molecule has 1 aromatic carbocycles. The van der Waals surface area contributed by atoms with Gasteiger partial charge < -0.3 is 5.73 Å². The lowest BCUT2D eigenvalue weighted by molar-refractivity contribution is 0.338. The summed E-state index contributed by atoms with van der Waals surface area (Å²) in [7, 11) is 0. The highest BCUT2D eigenvalue weighted by Gasteiger charge is 2.19. The molecule has 0 spiro atoms. The highest BCUT2D eigenvalue weighted by atomic mass is 19.1. The van der Waals surface area contributed by atoms with Crippen molar-refractivity contribution >= 4 is 0 Å². The van der Waals surface area contributed by atoms with E-state index in [2.05, 4.69) is 20.8 Å². The van der Waals surface area contributed by atoms with Gasteiger partial charge in [-0.15, -0.1) is 0 Å². The number of aryl methyl sites for hydroxylation is 1. The summed E-state index contributed by atoms with van der Waals surface area (Å²) >= 11 is 0. The molecule has 0 bridgehead atoms. The highest BCUT2D eigenvalue weighted by Crippen LogP contribution is 2.29. The Hall–Kier alpha value is -0.890. The third-order valence-electron chi connectivity index (χ3n) is 2.38. The molecule has 0 fully saturated rings. The molecule has 1 nitrogen and oxygen atoms in total. The van der Waals surface area contributed by atoms with Crippen molar-refractivity contribution in [3.63, 3.8) is 0 Å². The van der Waals surface area contributed by atoms with Crippen molar-refractivity contribution in [1.82, 2.24) is 0 Å². The van der Waals surface area contributed by atoms with Crippen LogP contribution in [0.3, 0.4) is 0 Å². The first-order valence-electron chi connectivity index (χ1n) is 5.31. The maximum absolute atomic E-state index is 13.5. The molecule has 0 amide bonds. The molecular formula is C13H20FN. The molecule has 2 N–H and O–H groups in total. The second-order valence-corrected chi connectivity index (χ2v) is 5.40. The lowest BCUT2D eigenvalue weighted by Gasteiger charge is -2.23. The van der Waals surface area contributed by atoms with Crippen LogP contribution < -0.4 is 5.73 Å². The maximum Gasteiger partial charge on any atom is 0.127 e. The molecule has 0 radical (unpaired) electrons. The standard InChI is InChI=1S/C13H20FN/c1-9-5-6-11(14)10(7-9)12(15)8-13(2,3)4/h5-7,12H,8,15H2,1-4H3. The summed E-state index contributed by atoms with van der Waals surface area (Å²) in [5.41, 5.74) is 7.81. The van der Waals surface area contributed by atoms with E-state index in [1.54, 1.807) is 6.07 Å². The molecule has 1 aromatic rings. The van der Waals surface area contributed by atoms with Crippen molar-refractivity contribution in [2.75, 3.05) is 0 Å². The number of halogens is 1. The van der Waals surface area contributed by atoms with Gasteiger partial charge in [0.15, 0.2) is 0 Å². The van der Waals surface area contributed by atoms with E-state index >= 15 is 0 Å². The molecule has 0 aliphatic heterocycles. The lowest BCUT2D eigenvalue weighted by Crippen LogP contribution is -2.19. The average Bonchev–Trinajstić information content (AvgIpc) is 2.06. The van der Waals surface area contributed by atoms with Gasteiger partial charge >= 0.3 is 0 Å². The van der Waals surface area contributed by atoms with Gasteiger partial charge in [0, 0.05) is 11.6 Å². The lowest BCUT2D eigenvalue weighted by atomic mass is 9.85. The number of hydrogen-bond acceptors (Lipinski definition) is 1. The first-order valence-corrected chi connectivity index (χ1v) is 5.31. The second-order valence-electron chi connectivity index (χ2n) is 5.40. The fourth-order valence-corrected chi connectivity index (χ4v) is 1.72. The third-order valence-corrected chi connectivity index (χ3v) is 2.38. The molecule has 1 atom stereocenters. The molecular weight excluding hydrogens is 189 g/mol. The van der Waals surface area contributed by atoms with Crippen LogP contribution in [-0.4, -0.2) is 0 Å². The number of nitrogens with two attached hydrogens (primary N) is 1. The van der Waals surface area contributed by atoms with E-state index in [1.807, 2.05) is 13.0 Å². The Morgan fingerprint density at radius 1 is 1.33 bits per heavy atom. The van der Waals surface area contributed by atoms with Crippen molar-refractivity contribution in [1.29, 1.82) is 0 Å². The molecule has 0 aliphatic carbocycles. The van der Waals surface area contributed by atoms with Crippen molar-refractivity contribution in [2.24, 2.45) is 11.1 Å². The van der Waals surface area contributed by atoms with E-state index in [0.717, 1.165) is 12.0 Å². The Labute approximate surface area is 91.5 Å². The quantitative estimate of drug-likeness (QED) is 0.791. The summed E-state index contributed by atoms with van der Waals surface area (Å²) in [4.78, 5) is 0. The van der Waals surface area contributed by atoms with Gasteiger partial charge in [0.1, 0.15) is 5.82 Å². The average molecular weight is 209 g/mol. The minimum Gasteiger partial charge on any atom is -0.324 e. The molecule has 0 heterocycles. The predicted molar refractivity (Wildman–Crippen MR) is 62.1 cm³/mol. The normalized spacial score (nSPS) is 14.0. The van der Waals surface area contributed by atoms with Crippen LogP contribution in [0.5, 0.6) is 0 Å². The monoisotopic (exact) mass is 209 g/mol. The van der Waals surface area contributed by atoms with Crippen molar-refractivity contribution in [2.45, 2.75) is 40.2 Å². The number of hydrogen-bond donors (Lipinski definition) is 1. The molecule has 0 aliphatic rings. The van der Waals surface area contributed by atoms with E-state index in [0.29, 0.717) is 5.56 Å². The van der Waals surface area contributed by atoms with Gasteiger partial charge in [0.2, 0.25) is 0 Å². The first-order chi connectivity index (χ1) is 6.79. The van der Waals surface area contributed by atoms with Gasteiger partial charge in [-0.2, -0.15) is 0 Å². The third kappa shape index (κ3) is 3.63. The largest absolute Gasteiger partial charge is 0.324 e. The Balaban J connectivity index is 2.90. The zero-order chi connectivity index (χ0) is 11.6. The van der Waals surface area contributed by atoms with Crippen LogP contribution in [0, 0.1) is 18.2 Å². The summed E-state index contributed by atoms with van der Waals surface area (Å²) in [6.07, 6.45) is 0.785. The Kier molecular flexibility index (Phi) is 3.50. The minimum absolute atomic E-state index is 0.121. The number of benzene rings is 1. The van der Waals surface area contributed by atoms with Crippen LogP contribution in [0.1, 0.15) is 44.4 Å².